The smallest absolute Gasteiger partial charge is 0.0991 e. The van der Waals surface area contributed by atoms with Gasteiger partial charge < -0.3 is 4.98 Å². The van der Waals surface area contributed by atoms with Crippen LogP contribution in [0.4, 0.5) is 0 Å². The zero-order chi connectivity index (χ0) is 11.4. The number of nitrogens with zero attached hydrogens (tertiary/aromatic N) is 1. The van der Waals surface area contributed by atoms with Crippen LogP contribution in [0.15, 0.2) is 24.3 Å². The van der Waals surface area contributed by atoms with Crippen molar-refractivity contribution in [3.05, 3.63) is 35.5 Å². The number of benzene rings is 1. The fourth-order valence-electron chi connectivity index (χ4n) is 1.96. The summed E-state index contributed by atoms with van der Waals surface area (Å²) >= 11 is 0. The molecule has 0 amide bonds. The first-order chi connectivity index (χ1) is 7.83. The molecule has 0 atom stereocenters. The minimum atomic E-state index is 0.728. The number of rotatable bonds is 4. The van der Waals surface area contributed by atoms with Crippen LogP contribution < -0.4 is 0 Å². The second-order valence-corrected chi connectivity index (χ2v) is 4.17. The highest BCUT2D eigenvalue weighted by molar-refractivity contribution is 5.81. The molecule has 82 valence electrons. The van der Waals surface area contributed by atoms with Crippen LogP contribution in [-0.2, 0) is 6.42 Å². The van der Waals surface area contributed by atoms with E-state index in [1.165, 1.54) is 25.0 Å². The summed E-state index contributed by atoms with van der Waals surface area (Å²) in [5.41, 5.74) is 3.13. The molecule has 0 saturated heterocycles. The van der Waals surface area contributed by atoms with Gasteiger partial charge in [-0.25, -0.2) is 0 Å². The Morgan fingerprint density at radius 2 is 2.12 bits per heavy atom. The maximum Gasteiger partial charge on any atom is 0.0991 e. The van der Waals surface area contributed by atoms with Crippen molar-refractivity contribution in [1.29, 1.82) is 5.26 Å². The van der Waals surface area contributed by atoms with Gasteiger partial charge in [-0.15, -0.1) is 0 Å². The van der Waals surface area contributed by atoms with E-state index in [0.717, 1.165) is 22.9 Å². The fourth-order valence-corrected chi connectivity index (χ4v) is 1.96. The molecule has 0 spiro atoms. The molecule has 0 aliphatic heterocycles. The molecule has 1 aromatic heterocycles. The highest BCUT2D eigenvalue weighted by Crippen LogP contribution is 2.18. The molecule has 2 rings (SSSR count). The van der Waals surface area contributed by atoms with Crippen molar-refractivity contribution in [3.8, 4) is 6.07 Å². The van der Waals surface area contributed by atoms with Crippen molar-refractivity contribution in [3.63, 3.8) is 0 Å². The van der Waals surface area contributed by atoms with Gasteiger partial charge in [-0.3, -0.25) is 0 Å². The first-order valence-corrected chi connectivity index (χ1v) is 5.85. The van der Waals surface area contributed by atoms with Gasteiger partial charge in [0.15, 0.2) is 0 Å². The zero-order valence-electron chi connectivity index (χ0n) is 9.59. The fraction of sp³-hybridized carbons (Fsp3) is 0.357. The number of aromatic amines is 1. The second-order valence-electron chi connectivity index (χ2n) is 4.17. The summed E-state index contributed by atoms with van der Waals surface area (Å²) in [6.07, 6.45) is 4.86. The van der Waals surface area contributed by atoms with Gasteiger partial charge in [0.25, 0.3) is 0 Å². The molecule has 0 radical (unpaired) electrons. The number of fused-ring (bicyclic) bond motifs is 1. The maximum absolute atomic E-state index is 8.82. The van der Waals surface area contributed by atoms with Crippen molar-refractivity contribution in [2.45, 2.75) is 32.6 Å². The summed E-state index contributed by atoms with van der Waals surface area (Å²) in [4.78, 5) is 3.40. The average molecular weight is 212 g/mol. The van der Waals surface area contributed by atoms with Crippen LogP contribution in [0, 0.1) is 11.3 Å². The monoisotopic (exact) mass is 212 g/mol. The van der Waals surface area contributed by atoms with Crippen LogP contribution in [0.25, 0.3) is 10.9 Å². The van der Waals surface area contributed by atoms with Crippen LogP contribution in [-0.4, -0.2) is 4.98 Å². The van der Waals surface area contributed by atoms with Gasteiger partial charge >= 0.3 is 0 Å². The van der Waals surface area contributed by atoms with Crippen LogP contribution in [0.5, 0.6) is 0 Å². The molecular formula is C14H16N2. The maximum atomic E-state index is 8.82. The molecule has 2 nitrogen and oxygen atoms in total. The molecule has 0 bridgehead atoms. The molecule has 1 N–H and O–H groups in total. The predicted octanol–water partition coefficient (Wildman–Crippen LogP) is 3.77. The van der Waals surface area contributed by atoms with Crippen LogP contribution in [0.1, 0.15) is 37.4 Å². The van der Waals surface area contributed by atoms with E-state index in [4.69, 9.17) is 5.26 Å². The summed E-state index contributed by atoms with van der Waals surface area (Å²) in [5, 5.41) is 9.96. The Labute approximate surface area is 95.9 Å². The summed E-state index contributed by atoms with van der Waals surface area (Å²) in [6, 6.07) is 10.1. The van der Waals surface area contributed by atoms with Gasteiger partial charge in [-0.05, 0) is 37.1 Å². The third kappa shape index (κ3) is 2.25. The van der Waals surface area contributed by atoms with E-state index in [2.05, 4.69) is 24.0 Å². The summed E-state index contributed by atoms with van der Waals surface area (Å²) in [6.45, 7) is 2.21. The highest BCUT2D eigenvalue weighted by atomic mass is 14.7. The standard InChI is InChI=1S/C14H16N2/c1-2-3-4-5-13-9-12-8-11(10-15)6-7-14(12)16-13/h6-9,16H,2-5H2,1H3. The number of unbranched alkanes of at least 4 members (excludes halogenated alkanes) is 2. The topological polar surface area (TPSA) is 39.6 Å². The summed E-state index contributed by atoms with van der Waals surface area (Å²) in [7, 11) is 0. The van der Waals surface area contributed by atoms with Crippen molar-refractivity contribution in [2.75, 3.05) is 0 Å². The molecule has 1 heterocycles. The third-order valence-corrected chi connectivity index (χ3v) is 2.86. The van der Waals surface area contributed by atoms with Gasteiger partial charge in [-0.2, -0.15) is 5.26 Å². The van der Waals surface area contributed by atoms with Crippen LogP contribution in [0.3, 0.4) is 0 Å². The average Bonchev–Trinajstić information content (AvgIpc) is 2.70. The van der Waals surface area contributed by atoms with Gasteiger partial charge in [0.05, 0.1) is 11.6 Å². The number of H-pyrrole nitrogens is 1. The predicted molar refractivity (Wildman–Crippen MR) is 66.2 cm³/mol. The molecule has 0 unspecified atom stereocenters. The summed E-state index contributed by atoms with van der Waals surface area (Å²) < 4.78 is 0. The van der Waals surface area contributed by atoms with Crippen molar-refractivity contribution in [1.82, 2.24) is 4.98 Å². The number of aromatic nitrogens is 1. The molecule has 1 aromatic carbocycles. The Morgan fingerprint density at radius 1 is 1.25 bits per heavy atom. The molecule has 2 aromatic rings. The number of nitrogens with one attached hydrogen (secondary N) is 1. The Hall–Kier alpha value is -1.75. The lowest BCUT2D eigenvalue weighted by atomic mass is 10.1. The molecule has 16 heavy (non-hydrogen) atoms. The number of nitriles is 1. The van der Waals surface area contributed by atoms with Crippen LogP contribution in [0.2, 0.25) is 0 Å². The number of aryl methyl sites for hydroxylation is 1. The first kappa shape index (κ1) is 10.8. The molecule has 0 fully saturated rings. The van der Waals surface area contributed by atoms with E-state index in [1.54, 1.807) is 0 Å². The Balaban J connectivity index is 2.20. The molecule has 0 aliphatic rings. The van der Waals surface area contributed by atoms with E-state index in [-0.39, 0.29) is 0 Å². The van der Waals surface area contributed by atoms with E-state index in [9.17, 15) is 0 Å². The molecule has 2 heteroatoms. The van der Waals surface area contributed by atoms with E-state index < -0.39 is 0 Å². The van der Waals surface area contributed by atoms with Crippen molar-refractivity contribution in [2.24, 2.45) is 0 Å². The third-order valence-electron chi connectivity index (χ3n) is 2.86. The molecule has 0 aliphatic carbocycles. The lowest BCUT2D eigenvalue weighted by Crippen LogP contribution is -1.84. The lowest BCUT2D eigenvalue weighted by molar-refractivity contribution is 0.710. The lowest BCUT2D eigenvalue weighted by Gasteiger charge is -1.95. The largest absolute Gasteiger partial charge is 0.358 e. The molecular weight excluding hydrogens is 196 g/mol. The van der Waals surface area contributed by atoms with E-state index in [1.807, 2.05) is 18.2 Å². The normalized spacial score (nSPS) is 10.5. The van der Waals surface area contributed by atoms with Crippen molar-refractivity contribution >= 4 is 10.9 Å². The first-order valence-electron chi connectivity index (χ1n) is 5.85. The minimum Gasteiger partial charge on any atom is -0.358 e. The quantitative estimate of drug-likeness (QED) is 0.770. The Bertz CT molecular complexity index is 517. The van der Waals surface area contributed by atoms with Crippen molar-refractivity contribution < 1.29 is 0 Å². The zero-order valence-corrected chi connectivity index (χ0v) is 9.59. The summed E-state index contributed by atoms with van der Waals surface area (Å²) in [5.74, 6) is 0. The van der Waals surface area contributed by atoms with E-state index >= 15 is 0 Å². The Morgan fingerprint density at radius 3 is 2.88 bits per heavy atom. The van der Waals surface area contributed by atoms with Crippen LogP contribution >= 0.6 is 0 Å². The SMILES string of the molecule is CCCCCc1cc2cc(C#N)ccc2[nH]1. The highest BCUT2D eigenvalue weighted by Gasteiger charge is 2.01. The minimum absolute atomic E-state index is 0.728. The second kappa shape index (κ2) is 4.85. The number of hydrogen-bond acceptors (Lipinski definition) is 1. The Kier molecular flexibility index (Phi) is 3.26. The number of hydrogen-bond donors (Lipinski definition) is 1. The molecule has 0 saturated carbocycles. The van der Waals surface area contributed by atoms with Gasteiger partial charge in [0.2, 0.25) is 0 Å². The van der Waals surface area contributed by atoms with E-state index in [0.29, 0.717) is 0 Å². The van der Waals surface area contributed by atoms with Gasteiger partial charge in [0.1, 0.15) is 0 Å². The van der Waals surface area contributed by atoms with Gasteiger partial charge in [-0.1, -0.05) is 19.8 Å². The van der Waals surface area contributed by atoms with Gasteiger partial charge in [0, 0.05) is 16.6 Å².